The fourth-order valence-electron chi connectivity index (χ4n) is 4.05. The Bertz CT molecular complexity index is 553. The Morgan fingerprint density at radius 2 is 1.81 bits per heavy atom. The first-order chi connectivity index (χ1) is 12.1. The van der Waals surface area contributed by atoms with E-state index in [1.807, 2.05) is 20.8 Å². The summed E-state index contributed by atoms with van der Waals surface area (Å²) in [5.74, 6) is -1.13. The van der Waals surface area contributed by atoms with Crippen LogP contribution in [0, 0.1) is 16.7 Å². The summed E-state index contributed by atoms with van der Waals surface area (Å²) in [6, 6.07) is 0. The number of aliphatic carboxylic acids is 1. The van der Waals surface area contributed by atoms with E-state index < -0.39 is 16.8 Å². The summed E-state index contributed by atoms with van der Waals surface area (Å²) in [4.78, 5) is 40.8. The van der Waals surface area contributed by atoms with Crippen LogP contribution in [0.1, 0.15) is 46.5 Å². The van der Waals surface area contributed by atoms with Crippen LogP contribution >= 0.6 is 0 Å². The largest absolute Gasteiger partial charge is 0.481 e. The maximum Gasteiger partial charge on any atom is 0.313 e. The molecule has 0 spiro atoms. The second-order valence-electron chi connectivity index (χ2n) is 8.72. The summed E-state index contributed by atoms with van der Waals surface area (Å²) in [5, 5.41) is 9.66. The minimum atomic E-state index is -1.03. The Labute approximate surface area is 155 Å². The van der Waals surface area contributed by atoms with Gasteiger partial charge < -0.3 is 19.6 Å². The lowest BCUT2D eigenvalue weighted by Crippen LogP contribution is -2.55. The number of amides is 2. The number of rotatable bonds is 4. The number of ether oxygens (including phenoxy) is 1. The average Bonchev–Trinajstić information content (AvgIpc) is 2.60. The van der Waals surface area contributed by atoms with Gasteiger partial charge >= 0.3 is 5.97 Å². The van der Waals surface area contributed by atoms with Crippen molar-refractivity contribution in [3.8, 4) is 0 Å². The molecule has 2 atom stereocenters. The van der Waals surface area contributed by atoms with Crippen LogP contribution in [-0.2, 0) is 19.1 Å². The van der Waals surface area contributed by atoms with Gasteiger partial charge in [0.2, 0.25) is 11.8 Å². The summed E-state index contributed by atoms with van der Waals surface area (Å²) < 4.78 is 5.13. The van der Waals surface area contributed by atoms with Gasteiger partial charge in [0.15, 0.2) is 0 Å². The first-order valence-electron chi connectivity index (χ1n) is 9.41. The number of methoxy groups -OCH3 is 1. The van der Waals surface area contributed by atoms with Gasteiger partial charge in [-0.15, -0.1) is 0 Å². The van der Waals surface area contributed by atoms with Crippen LogP contribution in [0.5, 0.6) is 0 Å². The molecule has 7 nitrogen and oxygen atoms in total. The van der Waals surface area contributed by atoms with Gasteiger partial charge in [-0.05, 0) is 25.7 Å². The zero-order valence-corrected chi connectivity index (χ0v) is 16.4. The fraction of sp³-hybridized carbons (Fsp3) is 0.842. The number of hydrogen-bond acceptors (Lipinski definition) is 4. The quantitative estimate of drug-likeness (QED) is 0.815. The molecule has 26 heavy (non-hydrogen) atoms. The molecule has 2 aliphatic rings. The standard InChI is InChI=1S/C19H32N2O5/c1-18(2,3)16(23)20-9-5-7-14(11-20)15(22)21-10-6-8-19(12-21,13-26-4)17(24)25/h14H,5-13H2,1-4H3,(H,24,25). The van der Waals surface area contributed by atoms with Gasteiger partial charge in [0.05, 0.1) is 12.5 Å². The minimum Gasteiger partial charge on any atom is -0.481 e. The Hall–Kier alpha value is -1.63. The van der Waals surface area contributed by atoms with Crippen LogP contribution in [-0.4, -0.2) is 72.6 Å². The van der Waals surface area contributed by atoms with E-state index in [0.717, 1.165) is 12.8 Å². The maximum atomic E-state index is 13.0. The number of hydrogen-bond donors (Lipinski definition) is 1. The van der Waals surface area contributed by atoms with Crippen LogP contribution in [0.2, 0.25) is 0 Å². The normalized spacial score (nSPS) is 27.3. The van der Waals surface area contributed by atoms with Crippen molar-refractivity contribution in [3.05, 3.63) is 0 Å². The highest BCUT2D eigenvalue weighted by Crippen LogP contribution is 2.33. The number of carboxylic acid groups (broad SMARTS) is 1. The van der Waals surface area contributed by atoms with Crippen LogP contribution in [0.3, 0.4) is 0 Å². The molecule has 0 aromatic rings. The summed E-state index contributed by atoms with van der Waals surface area (Å²) in [6.45, 7) is 7.62. The van der Waals surface area contributed by atoms with Gasteiger partial charge in [-0.2, -0.15) is 0 Å². The number of nitrogens with zero attached hydrogens (tertiary/aromatic N) is 2. The third-order valence-corrected chi connectivity index (χ3v) is 5.46. The Morgan fingerprint density at radius 1 is 1.15 bits per heavy atom. The number of carbonyl (C=O) groups excluding carboxylic acids is 2. The molecular formula is C19H32N2O5. The fourth-order valence-corrected chi connectivity index (χ4v) is 4.05. The van der Waals surface area contributed by atoms with Gasteiger partial charge in [-0.1, -0.05) is 20.8 Å². The van der Waals surface area contributed by atoms with Gasteiger partial charge in [0.1, 0.15) is 5.41 Å². The van der Waals surface area contributed by atoms with E-state index in [-0.39, 0.29) is 30.9 Å². The van der Waals surface area contributed by atoms with E-state index in [1.165, 1.54) is 7.11 Å². The zero-order valence-electron chi connectivity index (χ0n) is 16.4. The second-order valence-corrected chi connectivity index (χ2v) is 8.72. The van der Waals surface area contributed by atoms with E-state index in [0.29, 0.717) is 32.5 Å². The predicted molar refractivity (Wildman–Crippen MR) is 96.5 cm³/mol. The molecular weight excluding hydrogens is 336 g/mol. The van der Waals surface area contributed by atoms with Crippen molar-refractivity contribution in [2.45, 2.75) is 46.5 Å². The molecule has 2 amide bonds. The predicted octanol–water partition coefficient (Wildman–Crippen LogP) is 1.61. The number of likely N-dealkylation sites (tertiary alicyclic amines) is 2. The summed E-state index contributed by atoms with van der Waals surface area (Å²) in [7, 11) is 1.49. The Morgan fingerprint density at radius 3 is 2.38 bits per heavy atom. The van der Waals surface area contributed by atoms with Crippen molar-refractivity contribution in [2.24, 2.45) is 16.7 Å². The minimum absolute atomic E-state index is 0.0298. The highest BCUT2D eigenvalue weighted by molar-refractivity contribution is 5.84. The zero-order chi connectivity index (χ0) is 19.5. The molecule has 0 aromatic heterocycles. The molecule has 2 fully saturated rings. The third kappa shape index (κ3) is 4.37. The van der Waals surface area contributed by atoms with Crippen LogP contribution < -0.4 is 0 Å². The first kappa shape index (κ1) is 20.7. The molecule has 0 aromatic carbocycles. The smallest absolute Gasteiger partial charge is 0.313 e. The van der Waals surface area contributed by atoms with Crippen molar-refractivity contribution >= 4 is 17.8 Å². The Balaban J connectivity index is 2.08. The maximum absolute atomic E-state index is 13.0. The van der Waals surface area contributed by atoms with Gasteiger partial charge in [-0.25, -0.2) is 0 Å². The second kappa shape index (κ2) is 7.94. The lowest BCUT2D eigenvalue weighted by molar-refractivity contribution is -0.160. The highest BCUT2D eigenvalue weighted by Gasteiger charge is 2.45. The van der Waals surface area contributed by atoms with E-state index in [9.17, 15) is 19.5 Å². The van der Waals surface area contributed by atoms with Crippen molar-refractivity contribution in [2.75, 3.05) is 39.9 Å². The van der Waals surface area contributed by atoms with Crippen molar-refractivity contribution in [1.82, 2.24) is 9.80 Å². The summed E-state index contributed by atoms with van der Waals surface area (Å²) in [5.41, 5.74) is -1.49. The molecule has 2 aliphatic heterocycles. The molecule has 1 N–H and O–H groups in total. The molecule has 7 heteroatoms. The molecule has 0 saturated carbocycles. The molecule has 0 radical (unpaired) electrons. The molecule has 2 saturated heterocycles. The van der Waals surface area contributed by atoms with Crippen molar-refractivity contribution < 1.29 is 24.2 Å². The van der Waals surface area contributed by atoms with Gasteiger partial charge in [-0.3, -0.25) is 14.4 Å². The van der Waals surface area contributed by atoms with Gasteiger partial charge in [0, 0.05) is 38.7 Å². The highest BCUT2D eigenvalue weighted by atomic mass is 16.5. The molecule has 2 rings (SSSR count). The monoisotopic (exact) mass is 368 g/mol. The van der Waals surface area contributed by atoms with E-state index in [2.05, 4.69) is 0 Å². The molecule has 2 unspecified atom stereocenters. The average molecular weight is 368 g/mol. The Kier molecular flexibility index (Phi) is 6.32. The lowest BCUT2D eigenvalue weighted by atomic mass is 9.80. The topological polar surface area (TPSA) is 87.2 Å². The van der Waals surface area contributed by atoms with Crippen molar-refractivity contribution in [1.29, 1.82) is 0 Å². The number of carbonyl (C=O) groups is 3. The molecule has 2 heterocycles. The van der Waals surface area contributed by atoms with E-state index in [1.54, 1.807) is 9.80 Å². The van der Waals surface area contributed by atoms with Crippen LogP contribution in [0.25, 0.3) is 0 Å². The molecule has 0 aliphatic carbocycles. The van der Waals surface area contributed by atoms with Crippen LogP contribution in [0.4, 0.5) is 0 Å². The SMILES string of the molecule is COCC1(C(=O)O)CCCN(C(=O)C2CCCN(C(=O)C(C)(C)C)C2)C1. The summed E-state index contributed by atoms with van der Waals surface area (Å²) in [6.07, 6.45) is 2.71. The first-order valence-corrected chi connectivity index (χ1v) is 9.41. The molecule has 148 valence electrons. The van der Waals surface area contributed by atoms with Crippen molar-refractivity contribution in [3.63, 3.8) is 0 Å². The summed E-state index contributed by atoms with van der Waals surface area (Å²) >= 11 is 0. The van der Waals surface area contributed by atoms with Crippen LogP contribution in [0.15, 0.2) is 0 Å². The number of piperidine rings is 2. The molecule has 0 bridgehead atoms. The lowest BCUT2D eigenvalue weighted by Gasteiger charge is -2.42. The number of carboxylic acids is 1. The van der Waals surface area contributed by atoms with E-state index >= 15 is 0 Å². The van der Waals surface area contributed by atoms with Gasteiger partial charge in [0.25, 0.3) is 0 Å². The third-order valence-electron chi connectivity index (χ3n) is 5.46. The van der Waals surface area contributed by atoms with E-state index in [4.69, 9.17) is 4.74 Å².